The normalized spacial score (nSPS) is 11.0. The third-order valence-corrected chi connectivity index (χ3v) is 4.95. The number of pyridine rings is 1. The Morgan fingerprint density at radius 2 is 2.08 bits per heavy atom. The summed E-state index contributed by atoms with van der Waals surface area (Å²) in [6, 6.07) is 4.29. The van der Waals surface area contributed by atoms with Crippen molar-refractivity contribution in [2.45, 2.75) is 46.6 Å². The van der Waals surface area contributed by atoms with Gasteiger partial charge in [0.15, 0.2) is 0 Å². The van der Waals surface area contributed by atoms with Crippen LogP contribution in [0.4, 0.5) is 4.39 Å². The lowest BCUT2D eigenvalue weighted by molar-refractivity contribution is 0.0725. The Labute approximate surface area is 167 Å². The molecule has 0 bridgehead atoms. The van der Waals surface area contributed by atoms with E-state index in [2.05, 4.69) is 58.3 Å². The van der Waals surface area contributed by atoms with E-state index in [0.717, 1.165) is 34.2 Å². The highest BCUT2D eigenvalue weighted by Gasteiger charge is 2.21. The minimum absolute atomic E-state index is 0.120. The third kappa shape index (κ3) is 5.69. The van der Waals surface area contributed by atoms with E-state index >= 15 is 0 Å². The second-order valence-electron chi connectivity index (χ2n) is 6.59. The van der Waals surface area contributed by atoms with Crippen LogP contribution in [0.1, 0.15) is 55.4 Å². The Kier molecular flexibility index (Phi) is 7.86. The van der Waals surface area contributed by atoms with Crippen molar-refractivity contribution in [2.24, 2.45) is 5.92 Å². The Balaban J connectivity index is 2.30. The highest BCUT2D eigenvalue weighted by molar-refractivity contribution is 14.1. The fraction of sp³-hybridized carbons (Fsp3) is 0.474. The van der Waals surface area contributed by atoms with Gasteiger partial charge in [-0.25, -0.2) is 15.0 Å². The van der Waals surface area contributed by atoms with Gasteiger partial charge in [-0.2, -0.15) is 4.39 Å². The van der Waals surface area contributed by atoms with E-state index in [1.54, 1.807) is 11.0 Å². The fourth-order valence-corrected chi connectivity index (χ4v) is 3.30. The minimum atomic E-state index is -0.650. The summed E-state index contributed by atoms with van der Waals surface area (Å²) in [7, 11) is 0. The van der Waals surface area contributed by atoms with Crippen molar-refractivity contribution in [2.75, 3.05) is 6.54 Å². The summed E-state index contributed by atoms with van der Waals surface area (Å²) in [5.74, 6) is -0.476. The van der Waals surface area contributed by atoms with Crippen molar-refractivity contribution in [3.63, 3.8) is 0 Å². The molecular weight excluding hydrogens is 446 g/mol. The van der Waals surface area contributed by atoms with Crippen LogP contribution < -0.4 is 0 Å². The fourth-order valence-electron chi connectivity index (χ4n) is 2.59. The monoisotopic (exact) mass is 470 g/mol. The maximum atomic E-state index is 13.4. The molecule has 0 saturated carbocycles. The Hall–Kier alpha value is -1.64. The summed E-state index contributed by atoms with van der Waals surface area (Å²) in [6.07, 6.45) is 4.22. The molecule has 0 saturated heterocycles. The molecule has 2 rings (SSSR count). The van der Waals surface area contributed by atoms with Gasteiger partial charge >= 0.3 is 0 Å². The topological polar surface area (TPSA) is 59.0 Å². The number of halogens is 2. The van der Waals surface area contributed by atoms with Gasteiger partial charge in [0.1, 0.15) is 15.7 Å². The summed E-state index contributed by atoms with van der Waals surface area (Å²) in [6.45, 7) is 7.27. The van der Waals surface area contributed by atoms with E-state index in [1.807, 2.05) is 0 Å². The van der Waals surface area contributed by atoms with Crippen LogP contribution in [0.5, 0.6) is 0 Å². The van der Waals surface area contributed by atoms with E-state index in [9.17, 15) is 9.18 Å². The predicted molar refractivity (Wildman–Crippen MR) is 107 cm³/mol. The average molecular weight is 470 g/mol. The zero-order valence-corrected chi connectivity index (χ0v) is 17.5. The first-order chi connectivity index (χ1) is 12.4. The van der Waals surface area contributed by atoms with Crippen LogP contribution in [-0.2, 0) is 13.0 Å². The molecule has 0 radical (unpaired) electrons. The van der Waals surface area contributed by atoms with Gasteiger partial charge in [-0.1, -0.05) is 33.3 Å². The van der Waals surface area contributed by atoms with Crippen molar-refractivity contribution in [3.8, 4) is 0 Å². The van der Waals surface area contributed by atoms with Crippen LogP contribution in [-0.4, -0.2) is 32.3 Å². The number of carbonyl (C=O) groups is 1. The summed E-state index contributed by atoms with van der Waals surface area (Å²) >= 11 is 2.20. The highest BCUT2D eigenvalue weighted by Crippen LogP contribution is 2.18. The zero-order valence-electron chi connectivity index (χ0n) is 15.4. The van der Waals surface area contributed by atoms with Gasteiger partial charge in [0.2, 0.25) is 5.95 Å². The first kappa shape index (κ1) is 20.7. The molecule has 0 aromatic carbocycles. The number of aromatic nitrogens is 3. The van der Waals surface area contributed by atoms with Crippen LogP contribution in [0.3, 0.4) is 0 Å². The van der Waals surface area contributed by atoms with Gasteiger partial charge in [0, 0.05) is 12.1 Å². The van der Waals surface area contributed by atoms with E-state index in [-0.39, 0.29) is 11.6 Å². The largest absolute Gasteiger partial charge is 0.331 e. The number of hydrogen-bond donors (Lipinski definition) is 0. The average Bonchev–Trinajstić information content (AvgIpc) is 2.60. The van der Waals surface area contributed by atoms with Crippen molar-refractivity contribution >= 4 is 28.5 Å². The third-order valence-electron chi connectivity index (χ3n) is 4.02. The maximum absolute atomic E-state index is 13.4. The molecule has 0 aliphatic rings. The van der Waals surface area contributed by atoms with Crippen molar-refractivity contribution < 1.29 is 9.18 Å². The molecule has 2 aromatic heterocycles. The Morgan fingerprint density at radius 3 is 2.73 bits per heavy atom. The van der Waals surface area contributed by atoms with E-state index in [4.69, 9.17) is 0 Å². The summed E-state index contributed by atoms with van der Waals surface area (Å²) in [4.78, 5) is 27.1. The van der Waals surface area contributed by atoms with Gasteiger partial charge in [-0.05, 0) is 53.5 Å². The summed E-state index contributed by atoms with van der Waals surface area (Å²) < 4.78 is 14.4. The number of rotatable bonds is 8. The molecule has 2 aromatic rings. The SMILES string of the molecule is CCCc1c(I)ncnc1CN(CCC(C)C)C(=O)c1cccc(F)n1. The number of carbonyl (C=O) groups excluding carboxylic acids is 1. The van der Waals surface area contributed by atoms with E-state index in [0.29, 0.717) is 19.0 Å². The van der Waals surface area contributed by atoms with Crippen molar-refractivity contribution in [1.29, 1.82) is 0 Å². The van der Waals surface area contributed by atoms with Gasteiger partial charge in [0.25, 0.3) is 5.91 Å². The molecule has 1 amide bonds. The minimum Gasteiger partial charge on any atom is -0.331 e. The van der Waals surface area contributed by atoms with Gasteiger partial charge in [-0.15, -0.1) is 0 Å². The highest BCUT2D eigenvalue weighted by atomic mass is 127. The number of amides is 1. The first-order valence-electron chi connectivity index (χ1n) is 8.82. The maximum Gasteiger partial charge on any atom is 0.272 e. The number of hydrogen-bond acceptors (Lipinski definition) is 4. The molecule has 7 heteroatoms. The smallest absolute Gasteiger partial charge is 0.272 e. The standard InChI is InChI=1S/C19H24FIN4O/c1-4-6-14-16(22-12-23-18(14)21)11-25(10-9-13(2)3)19(26)15-7-5-8-17(20)24-15/h5,7-8,12-13H,4,6,9-11H2,1-3H3. The molecule has 0 N–H and O–H groups in total. The van der Waals surface area contributed by atoms with Crippen LogP contribution in [0.15, 0.2) is 24.5 Å². The van der Waals surface area contributed by atoms with Crippen LogP contribution in [0.25, 0.3) is 0 Å². The summed E-state index contributed by atoms with van der Waals surface area (Å²) in [5.41, 5.74) is 2.04. The van der Waals surface area contributed by atoms with Crippen LogP contribution in [0, 0.1) is 15.6 Å². The predicted octanol–water partition coefficient (Wildman–Crippen LogP) is 4.26. The second kappa shape index (κ2) is 9.89. The molecule has 5 nitrogen and oxygen atoms in total. The van der Waals surface area contributed by atoms with E-state index in [1.165, 1.54) is 18.5 Å². The molecule has 0 unspecified atom stereocenters. The lowest BCUT2D eigenvalue weighted by atomic mass is 10.1. The van der Waals surface area contributed by atoms with Gasteiger partial charge in [0.05, 0.1) is 12.2 Å². The lowest BCUT2D eigenvalue weighted by Crippen LogP contribution is -2.33. The molecule has 0 atom stereocenters. The Morgan fingerprint density at radius 1 is 1.31 bits per heavy atom. The first-order valence-corrected chi connectivity index (χ1v) is 9.90. The molecule has 0 aliphatic heterocycles. The molecule has 26 heavy (non-hydrogen) atoms. The van der Waals surface area contributed by atoms with Crippen LogP contribution >= 0.6 is 22.6 Å². The van der Waals surface area contributed by atoms with Gasteiger partial charge in [-0.3, -0.25) is 4.79 Å². The van der Waals surface area contributed by atoms with E-state index < -0.39 is 5.95 Å². The molecule has 2 heterocycles. The second-order valence-corrected chi connectivity index (χ2v) is 7.62. The van der Waals surface area contributed by atoms with Gasteiger partial charge < -0.3 is 4.90 Å². The zero-order chi connectivity index (χ0) is 19.1. The van der Waals surface area contributed by atoms with Crippen molar-refractivity contribution in [3.05, 3.63) is 51.1 Å². The Bertz CT molecular complexity index is 754. The van der Waals surface area contributed by atoms with Crippen molar-refractivity contribution in [1.82, 2.24) is 19.9 Å². The molecular formula is C19H24FIN4O. The molecule has 140 valence electrons. The lowest BCUT2D eigenvalue weighted by Gasteiger charge is -2.24. The molecule has 0 aliphatic carbocycles. The number of nitrogens with zero attached hydrogens (tertiary/aromatic N) is 4. The summed E-state index contributed by atoms with van der Waals surface area (Å²) in [5, 5.41) is 0. The quantitative estimate of drug-likeness (QED) is 0.329. The van der Waals surface area contributed by atoms with Crippen LogP contribution in [0.2, 0.25) is 0 Å². The molecule has 0 fully saturated rings. The molecule has 0 spiro atoms.